The molecule has 0 unspecified atom stereocenters. The largest absolute Gasteiger partial charge is 0.494 e. The Morgan fingerprint density at radius 2 is 1.01 bits per heavy atom. The van der Waals surface area contributed by atoms with Crippen molar-refractivity contribution in [1.82, 2.24) is 0 Å². The normalized spacial score (nSPS) is 21.4. The van der Waals surface area contributed by atoms with Crippen molar-refractivity contribution in [1.29, 1.82) is 0 Å². The van der Waals surface area contributed by atoms with E-state index in [1.807, 2.05) is 0 Å². The Morgan fingerprint density at radius 3 is 1.47 bits per heavy atom. The van der Waals surface area contributed by atoms with E-state index in [1.54, 1.807) is 72.8 Å². The van der Waals surface area contributed by atoms with E-state index in [1.165, 1.54) is 98.0 Å². The predicted octanol–water partition coefficient (Wildman–Crippen LogP) is 7.00. The van der Waals surface area contributed by atoms with Crippen LogP contribution in [0.1, 0.15) is 32.6 Å². The first-order valence-electron chi connectivity index (χ1n) is 22.7. The van der Waals surface area contributed by atoms with E-state index >= 15 is 0 Å². The third-order valence-electron chi connectivity index (χ3n) is 11.8. The van der Waals surface area contributed by atoms with Gasteiger partial charge in [0.05, 0.1) is 22.7 Å². The smallest absolute Gasteiger partial charge is 0.348 e. The van der Waals surface area contributed by atoms with Gasteiger partial charge in [0.2, 0.25) is 18.2 Å². The van der Waals surface area contributed by atoms with Gasteiger partial charge < -0.3 is 29.2 Å². The zero-order valence-corrected chi connectivity index (χ0v) is 41.1. The van der Waals surface area contributed by atoms with Crippen molar-refractivity contribution in [3.8, 4) is 0 Å². The summed E-state index contributed by atoms with van der Waals surface area (Å²) in [5.41, 5.74) is -1.19. The Bertz CT molecular complexity index is 3370. The van der Waals surface area contributed by atoms with Gasteiger partial charge in [0.1, 0.15) is 16.7 Å². The molecule has 3 fully saturated rings. The molecular formula is C53H44N4O16S2. The fraction of sp³-hybridized carbons (Fsp3) is 0.132. The van der Waals surface area contributed by atoms with E-state index in [9.17, 15) is 55.8 Å². The number of benzene rings is 4. The van der Waals surface area contributed by atoms with Crippen LogP contribution in [0.2, 0.25) is 0 Å². The van der Waals surface area contributed by atoms with Crippen molar-refractivity contribution in [2.75, 3.05) is 17.2 Å². The number of hydrogen-bond donors (Lipinski definition) is 2. The van der Waals surface area contributed by atoms with Gasteiger partial charge in [-0.05, 0) is 73.7 Å². The summed E-state index contributed by atoms with van der Waals surface area (Å²) in [6.45, 7) is 1.42. The van der Waals surface area contributed by atoms with Gasteiger partial charge in [-0.1, -0.05) is 115 Å². The van der Waals surface area contributed by atoms with Crippen molar-refractivity contribution in [2.24, 2.45) is 0 Å². The van der Waals surface area contributed by atoms with E-state index < -0.39 is 90.3 Å². The molecule has 20 nitrogen and oxygen atoms in total. The summed E-state index contributed by atoms with van der Waals surface area (Å²) >= 11 is 0. The number of hydrogen-bond acceptors (Lipinski definition) is 16. The summed E-state index contributed by atoms with van der Waals surface area (Å²) in [6.07, 6.45) is 11.9. The van der Waals surface area contributed by atoms with Crippen LogP contribution in [0.15, 0.2) is 216 Å². The number of allylic oxidation sites excluding steroid dienone is 10. The fourth-order valence-corrected chi connectivity index (χ4v) is 11.0. The molecule has 0 aromatic heterocycles. The summed E-state index contributed by atoms with van der Waals surface area (Å²) in [5, 5.41) is 22.5. The first kappa shape index (κ1) is 52.1. The molecule has 8 rings (SSSR count). The van der Waals surface area contributed by atoms with Crippen molar-refractivity contribution in [2.45, 2.75) is 44.2 Å². The number of nitrogens with zero attached hydrogens (tertiary/aromatic N) is 4. The molecule has 2 spiro atoms. The molecule has 0 radical (unpaired) electrons. The Balaban J connectivity index is 0.887. The summed E-state index contributed by atoms with van der Waals surface area (Å²) in [4.78, 5) is 78.4. The molecule has 0 bridgehead atoms. The van der Waals surface area contributed by atoms with E-state index in [2.05, 4.69) is 0 Å². The van der Waals surface area contributed by atoms with E-state index in [0.29, 0.717) is 17.2 Å². The molecular weight excluding hydrogens is 1010 g/mol. The number of aliphatic hydroxyl groups excluding tert-OH is 2. The van der Waals surface area contributed by atoms with E-state index in [-0.39, 0.29) is 60.4 Å². The van der Waals surface area contributed by atoms with Gasteiger partial charge in [-0.15, -0.1) is 0 Å². The van der Waals surface area contributed by atoms with Crippen LogP contribution in [0.25, 0.3) is 0 Å². The lowest BCUT2D eigenvalue weighted by atomic mass is 9.87. The highest BCUT2D eigenvalue weighted by atomic mass is 32.2. The van der Waals surface area contributed by atoms with Crippen molar-refractivity contribution in [3.63, 3.8) is 0 Å². The maximum Gasteiger partial charge on any atom is 0.348 e. The predicted molar refractivity (Wildman–Crippen MR) is 271 cm³/mol. The maximum absolute atomic E-state index is 13.8. The average Bonchev–Trinajstić information content (AvgIpc) is 3.38. The highest BCUT2D eigenvalue weighted by molar-refractivity contribution is 7.95. The second kappa shape index (κ2) is 21.4. The molecule has 75 heavy (non-hydrogen) atoms. The lowest BCUT2D eigenvalue weighted by Crippen LogP contribution is -2.56. The van der Waals surface area contributed by atoms with Gasteiger partial charge in [0.25, 0.3) is 17.5 Å². The Labute approximate surface area is 429 Å². The fourth-order valence-electron chi connectivity index (χ4n) is 8.04. The van der Waals surface area contributed by atoms with Crippen molar-refractivity contribution < 1.29 is 74.8 Å². The van der Waals surface area contributed by atoms with Crippen molar-refractivity contribution in [3.05, 3.63) is 216 Å². The molecule has 22 heteroatoms. The number of para-hydroxylation sites is 4. The molecule has 4 aromatic rings. The van der Waals surface area contributed by atoms with Gasteiger partial charge in [-0.3, -0.25) is 9.59 Å². The zero-order chi connectivity index (χ0) is 53.5. The third-order valence-corrected chi connectivity index (χ3v) is 15.1. The number of carbonyl (C=O) groups is 6. The van der Waals surface area contributed by atoms with E-state index in [4.69, 9.17) is 18.9 Å². The minimum atomic E-state index is -4.73. The minimum absolute atomic E-state index is 0.0214. The number of carbonyl (C=O) groups excluding carboxylic acids is 6. The van der Waals surface area contributed by atoms with Crippen LogP contribution in [0, 0.1) is 0 Å². The first-order valence-corrected chi connectivity index (χ1v) is 25.5. The van der Waals surface area contributed by atoms with Crippen LogP contribution in [0.5, 0.6) is 0 Å². The lowest BCUT2D eigenvalue weighted by molar-refractivity contribution is -0.291. The summed E-state index contributed by atoms with van der Waals surface area (Å²) < 4.78 is 79.7. The SMILES string of the molecule is CC(/C=C/C=C/C=C1C(=O)OC2(CCC3(CC2)OC(=O)C(=C/C=C/C=C/C2=C(O)N(c4ccccc4)S(=O)(=O)N(c4ccccc4)C2=O)C(=O)O3)OC1=O)=C(/O)N(c1ccccc1)S(=O)(=O)N(C=O)c1ccccc1. The molecule has 2 amide bonds. The number of ether oxygens (including phenoxy) is 4. The van der Waals surface area contributed by atoms with Crippen LogP contribution < -0.4 is 17.2 Å². The molecule has 3 heterocycles. The molecule has 4 aliphatic rings. The summed E-state index contributed by atoms with van der Waals surface area (Å²) in [6, 6.07) is 30.3. The number of aliphatic hydroxyl groups is 2. The van der Waals surface area contributed by atoms with Gasteiger partial charge in [-0.2, -0.15) is 34.1 Å². The second-order valence-corrected chi connectivity index (χ2v) is 19.9. The standard InChI is InChI=1S/C53H44N4O16S2/c1-37(45(59)55(39-23-11-4-12-24-39)74(66,67)54(36-58)38-21-9-3-10-22-38)20-8-2-18-30-43-48(62)70-52(71-49(43)63)32-34-53(35-33-52)72-50(64)44(51(65)73-53)31-19-7-17-29-42-46(60)56(40-25-13-5-14-26-40)75(68,69)57(47(42)61)41-27-15-6-16-28-41/h2-31,36,59-60H,32-35H2,1H3/b18-2+,19-7+,20-8+,29-17+,43-30?,44-31?,45-37-. The Morgan fingerprint density at radius 1 is 0.600 bits per heavy atom. The van der Waals surface area contributed by atoms with Crippen LogP contribution >= 0.6 is 0 Å². The Kier molecular flexibility index (Phi) is 14.9. The molecule has 2 N–H and O–H groups in total. The monoisotopic (exact) mass is 1060 g/mol. The molecule has 3 aliphatic heterocycles. The minimum Gasteiger partial charge on any atom is -0.494 e. The maximum atomic E-state index is 13.8. The second-order valence-electron chi connectivity index (χ2n) is 16.6. The van der Waals surface area contributed by atoms with Crippen molar-refractivity contribution >= 4 is 79.4 Å². The highest BCUT2D eigenvalue weighted by Gasteiger charge is 2.57. The van der Waals surface area contributed by atoms with Gasteiger partial charge in [0.15, 0.2) is 0 Å². The van der Waals surface area contributed by atoms with E-state index in [0.717, 1.165) is 18.2 Å². The number of rotatable bonds is 14. The average molecular weight is 1060 g/mol. The molecule has 0 atom stereocenters. The van der Waals surface area contributed by atoms with Crippen LogP contribution in [-0.4, -0.2) is 74.8 Å². The van der Waals surface area contributed by atoms with Crippen LogP contribution in [-0.2, 0) is 68.1 Å². The Hall–Kier alpha value is -9.28. The summed E-state index contributed by atoms with van der Waals surface area (Å²) in [7, 11) is -9.38. The number of amides is 2. The number of esters is 4. The molecule has 1 saturated carbocycles. The van der Waals surface area contributed by atoms with Gasteiger partial charge in [0, 0.05) is 31.3 Å². The molecule has 4 aromatic carbocycles. The summed E-state index contributed by atoms with van der Waals surface area (Å²) in [5.74, 6) is -10.3. The zero-order valence-electron chi connectivity index (χ0n) is 39.4. The van der Waals surface area contributed by atoms with Gasteiger partial charge >= 0.3 is 44.3 Å². The van der Waals surface area contributed by atoms with Gasteiger partial charge in [-0.25, -0.2) is 19.2 Å². The molecule has 384 valence electrons. The molecule has 2 saturated heterocycles. The van der Waals surface area contributed by atoms with Crippen LogP contribution in [0.4, 0.5) is 22.7 Å². The number of anilines is 4. The highest BCUT2D eigenvalue weighted by Crippen LogP contribution is 2.45. The van der Waals surface area contributed by atoms with Crippen LogP contribution in [0.3, 0.4) is 0 Å². The topological polar surface area (TPSA) is 261 Å². The first-order chi connectivity index (χ1) is 35.9. The quantitative estimate of drug-likeness (QED) is 0.0321. The third kappa shape index (κ3) is 10.6. The lowest BCUT2D eigenvalue weighted by Gasteiger charge is -2.45. The molecule has 1 aliphatic carbocycles.